The lowest BCUT2D eigenvalue weighted by molar-refractivity contribution is 0.231. The third-order valence-corrected chi connectivity index (χ3v) is 5.04. The second-order valence-electron chi connectivity index (χ2n) is 4.83. The summed E-state index contributed by atoms with van der Waals surface area (Å²) in [6, 6.07) is -0.479. The smallest absolute Gasteiger partial charge is 0.315 e. The van der Waals surface area contributed by atoms with Crippen molar-refractivity contribution < 1.29 is 13.2 Å². The standard InChI is InChI=1S/C10H19N3O3S/c14-10(12-6-8-4-11-5-8)13-9-2-1-3-17(15,16)7-9/h8-9,11H,1-7H2,(H2,12,13,14). The summed E-state index contributed by atoms with van der Waals surface area (Å²) in [6.45, 7) is 2.54. The minimum absolute atomic E-state index is 0.0748. The molecule has 2 aliphatic heterocycles. The summed E-state index contributed by atoms with van der Waals surface area (Å²) in [5, 5.41) is 8.63. The number of amides is 2. The molecule has 0 radical (unpaired) electrons. The quantitative estimate of drug-likeness (QED) is 0.613. The van der Waals surface area contributed by atoms with Crippen molar-refractivity contribution >= 4 is 15.9 Å². The Morgan fingerprint density at radius 2 is 2.12 bits per heavy atom. The molecule has 2 amide bonds. The van der Waals surface area contributed by atoms with Crippen molar-refractivity contribution in [3.63, 3.8) is 0 Å². The number of hydrogen-bond donors (Lipinski definition) is 3. The summed E-state index contributed by atoms with van der Waals surface area (Å²) in [5.74, 6) is 0.835. The fourth-order valence-electron chi connectivity index (χ4n) is 2.10. The Morgan fingerprint density at radius 1 is 1.35 bits per heavy atom. The van der Waals surface area contributed by atoms with Crippen LogP contribution in [0.25, 0.3) is 0 Å². The van der Waals surface area contributed by atoms with Gasteiger partial charge < -0.3 is 16.0 Å². The summed E-state index contributed by atoms with van der Waals surface area (Å²) in [4.78, 5) is 11.5. The van der Waals surface area contributed by atoms with Gasteiger partial charge in [-0.2, -0.15) is 0 Å². The summed E-state index contributed by atoms with van der Waals surface area (Å²) in [7, 11) is -2.95. The number of carbonyl (C=O) groups is 1. The van der Waals surface area contributed by atoms with Crippen LogP contribution in [0.1, 0.15) is 12.8 Å². The predicted octanol–water partition coefficient (Wildman–Crippen LogP) is -0.918. The first-order valence-electron chi connectivity index (χ1n) is 6.01. The van der Waals surface area contributed by atoms with Gasteiger partial charge in [-0.3, -0.25) is 0 Å². The molecular formula is C10H19N3O3S. The molecule has 0 aromatic carbocycles. The Bertz CT molecular complexity index is 378. The van der Waals surface area contributed by atoms with Gasteiger partial charge in [-0.1, -0.05) is 0 Å². The minimum Gasteiger partial charge on any atom is -0.338 e. The lowest BCUT2D eigenvalue weighted by Gasteiger charge is -2.28. The van der Waals surface area contributed by atoms with Crippen LogP contribution < -0.4 is 16.0 Å². The van der Waals surface area contributed by atoms with Crippen LogP contribution in [0.5, 0.6) is 0 Å². The second kappa shape index (κ2) is 5.22. The number of rotatable bonds is 3. The van der Waals surface area contributed by atoms with Gasteiger partial charge in [0.2, 0.25) is 0 Å². The molecule has 17 heavy (non-hydrogen) atoms. The first-order chi connectivity index (χ1) is 8.05. The molecule has 7 heteroatoms. The molecular weight excluding hydrogens is 242 g/mol. The van der Waals surface area contributed by atoms with Gasteiger partial charge in [0.05, 0.1) is 11.5 Å². The van der Waals surface area contributed by atoms with E-state index in [-0.39, 0.29) is 23.6 Å². The Morgan fingerprint density at radius 3 is 2.71 bits per heavy atom. The molecule has 0 bridgehead atoms. The van der Waals surface area contributed by atoms with Gasteiger partial charge in [0.25, 0.3) is 0 Å². The first kappa shape index (κ1) is 12.6. The zero-order valence-electron chi connectivity index (χ0n) is 9.74. The molecule has 0 spiro atoms. The zero-order valence-corrected chi connectivity index (χ0v) is 10.6. The molecule has 0 saturated carbocycles. The number of carbonyl (C=O) groups excluding carboxylic acids is 1. The number of urea groups is 1. The molecule has 2 rings (SSSR count). The fourth-order valence-corrected chi connectivity index (χ4v) is 3.74. The van der Waals surface area contributed by atoms with Gasteiger partial charge in [0.1, 0.15) is 0 Å². The van der Waals surface area contributed by atoms with Crippen molar-refractivity contribution in [2.24, 2.45) is 5.92 Å². The molecule has 1 unspecified atom stereocenters. The largest absolute Gasteiger partial charge is 0.338 e. The van der Waals surface area contributed by atoms with Crippen molar-refractivity contribution in [2.75, 3.05) is 31.1 Å². The maximum Gasteiger partial charge on any atom is 0.315 e. The topological polar surface area (TPSA) is 87.3 Å². The van der Waals surface area contributed by atoms with Crippen LogP contribution >= 0.6 is 0 Å². The van der Waals surface area contributed by atoms with E-state index < -0.39 is 9.84 Å². The Balaban J connectivity index is 1.70. The van der Waals surface area contributed by atoms with E-state index in [1.54, 1.807) is 0 Å². The van der Waals surface area contributed by atoms with Gasteiger partial charge in [-0.25, -0.2) is 13.2 Å². The molecule has 0 aromatic heterocycles. The van der Waals surface area contributed by atoms with Crippen molar-refractivity contribution in [1.29, 1.82) is 0 Å². The van der Waals surface area contributed by atoms with E-state index in [0.717, 1.165) is 19.5 Å². The van der Waals surface area contributed by atoms with E-state index >= 15 is 0 Å². The zero-order chi connectivity index (χ0) is 12.3. The highest BCUT2D eigenvalue weighted by Crippen LogP contribution is 2.11. The number of hydrogen-bond acceptors (Lipinski definition) is 4. The van der Waals surface area contributed by atoms with E-state index in [9.17, 15) is 13.2 Å². The van der Waals surface area contributed by atoms with Crippen LogP contribution in [0.15, 0.2) is 0 Å². The predicted molar refractivity (Wildman–Crippen MR) is 64.6 cm³/mol. The molecule has 1 atom stereocenters. The third kappa shape index (κ3) is 3.85. The SMILES string of the molecule is O=C(NCC1CNC1)NC1CCCS(=O)(=O)C1. The van der Waals surface area contributed by atoms with Gasteiger partial charge in [-0.15, -0.1) is 0 Å². The van der Waals surface area contributed by atoms with Gasteiger partial charge in [0, 0.05) is 31.6 Å². The molecule has 0 aromatic rings. The molecule has 3 N–H and O–H groups in total. The fraction of sp³-hybridized carbons (Fsp3) is 0.900. The highest BCUT2D eigenvalue weighted by atomic mass is 32.2. The van der Waals surface area contributed by atoms with E-state index in [2.05, 4.69) is 16.0 Å². The Kier molecular flexibility index (Phi) is 3.88. The summed E-state index contributed by atoms with van der Waals surface area (Å²) < 4.78 is 22.8. The third-order valence-electron chi connectivity index (χ3n) is 3.22. The van der Waals surface area contributed by atoms with Gasteiger partial charge in [-0.05, 0) is 12.8 Å². The maximum absolute atomic E-state index is 11.5. The van der Waals surface area contributed by atoms with Crippen molar-refractivity contribution in [2.45, 2.75) is 18.9 Å². The molecule has 2 saturated heterocycles. The average molecular weight is 261 g/mol. The summed E-state index contributed by atoms with van der Waals surface area (Å²) in [5.41, 5.74) is 0. The van der Waals surface area contributed by atoms with Crippen molar-refractivity contribution in [1.82, 2.24) is 16.0 Å². The molecule has 0 aliphatic carbocycles. The van der Waals surface area contributed by atoms with E-state index in [1.807, 2.05) is 0 Å². The van der Waals surface area contributed by atoms with Crippen molar-refractivity contribution in [3.8, 4) is 0 Å². The normalized spacial score (nSPS) is 28.1. The van der Waals surface area contributed by atoms with E-state index in [0.29, 0.717) is 18.9 Å². The van der Waals surface area contributed by atoms with Crippen LogP contribution in [0, 0.1) is 5.92 Å². The average Bonchev–Trinajstić information content (AvgIpc) is 2.13. The van der Waals surface area contributed by atoms with Gasteiger partial charge >= 0.3 is 6.03 Å². The molecule has 98 valence electrons. The second-order valence-corrected chi connectivity index (χ2v) is 7.06. The molecule has 6 nitrogen and oxygen atoms in total. The molecule has 2 aliphatic rings. The lowest BCUT2D eigenvalue weighted by atomic mass is 10.0. The van der Waals surface area contributed by atoms with Crippen LogP contribution in [-0.4, -0.2) is 51.6 Å². The molecule has 2 fully saturated rings. The van der Waals surface area contributed by atoms with Crippen LogP contribution in [-0.2, 0) is 9.84 Å². The van der Waals surface area contributed by atoms with E-state index in [1.165, 1.54) is 0 Å². The van der Waals surface area contributed by atoms with Gasteiger partial charge in [0.15, 0.2) is 9.84 Å². The summed E-state index contributed by atoms with van der Waals surface area (Å²) in [6.07, 6.45) is 1.39. The summed E-state index contributed by atoms with van der Waals surface area (Å²) >= 11 is 0. The lowest BCUT2D eigenvalue weighted by Crippen LogP contribution is -2.52. The number of sulfone groups is 1. The number of nitrogens with one attached hydrogen (secondary N) is 3. The first-order valence-corrected chi connectivity index (χ1v) is 7.83. The molecule has 2 heterocycles. The van der Waals surface area contributed by atoms with Crippen LogP contribution in [0.2, 0.25) is 0 Å². The minimum atomic E-state index is -2.95. The monoisotopic (exact) mass is 261 g/mol. The van der Waals surface area contributed by atoms with E-state index in [4.69, 9.17) is 0 Å². The Hall–Kier alpha value is -0.820. The van der Waals surface area contributed by atoms with Crippen molar-refractivity contribution in [3.05, 3.63) is 0 Å². The highest BCUT2D eigenvalue weighted by Gasteiger charge is 2.26. The van der Waals surface area contributed by atoms with Crippen LogP contribution in [0.4, 0.5) is 4.79 Å². The maximum atomic E-state index is 11.5. The van der Waals surface area contributed by atoms with Crippen LogP contribution in [0.3, 0.4) is 0 Å². The highest BCUT2D eigenvalue weighted by molar-refractivity contribution is 7.91. The Labute approximate surface area is 101 Å².